The quantitative estimate of drug-likeness (QED) is 0.458. The number of pyridine rings is 1. The maximum Gasteiger partial charge on any atom is 0.144 e. The lowest BCUT2D eigenvalue weighted by atomic mass is 10.1. The monoisotopic (exact) mass is 431 g/mol. The normalized spacial score (nSPS) is 22.4. The molecule has 0 unspecified atom stereocenters. The topological polar surface area (TPSA) is 95.8 Å². The molecule has 4 heterocycles. The summed E-state index contributed by atoms with van der Waals surface area (Å²) in [6.07, 6.45) is 4.58. The summed E-state index contributed by atoms with van der Waals surface area (Å²) in [5, 5.41) is 4.76. The number of nitrogens with one attached hydrogen (secondary N) is 2. The molecule has 1 saturated carbocycles. The van der Waals surface area contributed by atoms with Gasteiger partial charge in [-0.25, -0.2) is 14.4 Å². The number of rotatable bonds is 4. The summed E-state index contributed by atoms with van der Waals surface area (Å²) >= 11 is 0. The molecule has 2 aliphatic rings. The molecule has 8 heteroatoms. The predicted molar refractivity (Wildman–Crippen MR) is 125 cm³/mol. The van der Waals surface area contributed by atoms with Crippen molar-refractivity contribution in [1.29, 1.82) is 0 Å². The molecule has 0 bridgehead atoms. The van der Waals surface area contributed by atoms with Gasteiger partial charge in [-0.2, -0.15) is 0 Å². The van der Waals surface area contributed by atoms with Gasteiger partial charge in [0, 0.05) is 55.3 Å². The van der Waals surface area contributed by atoms with Crippen molar-refractivity contribution < 1.29 is 4.39 Å². The molecule has 32 heavy (non-hydrogen) atoms. The Labute approximate surface area is 185 Å². The molecule has 1 saturated heterocycles. The van der Waals surface area contributed by atoms with Gasteiger partial charge in [0.25, 0.3) is 0 Å². The fourth-order valence-corrected chi connectivity index (χ4v) is 5.11. The van der Waals surface area contributed by atoms with Crippen LogP contribution in [0.5, 0.6) is 0 Å². The molecule has 1 spiro atoms. The van der Waals surface area contributed by atoms with E-state index in [1.54, 1.807) is 13.1 Å². The highest BCUT2D eigenvalue weighted by Gasteiger charge is 2.55. The van der Waals surface area contributed by atoms with Gasteiger partial charge in [0.2, 0.25) is 0 Å². The lowest BCUT2D eigenvalue weighted by Crippen LogP contribution is -2.24. The largest absolute Gasteiger partial charge is 0.386 e. The Bertz CT molecular complexity index is 1350. The van der Waals surface area contributed by atoms with Gasteiger partial charge in [-0.15, -0.1) is 0 Å². The standard InChI is InChI=1S/C24H26FN7/c1-13-3-4-14(11-28-13)7-19-29-22-20(16-8-15(25)9-17(27-2)21(16)31-22)23(30-19)32-6-5-24(12-32)10-18(24)26/h3-4,8-9,11,18,27H,5-7,10,12,26H2,1-2H3,(H,29,30,31)/t18-,24-/m1/s1. The molecule has 164 valence electrons. The fraction of sp³-hybridized carbons (Fsp3) is 0.375. The minimum absolute atomic E-state index is 0.200. The molecule has 3 aromatic heterocycles. The molecule has 4 aromatic rings. The van der Waals surface area contributed by atoms with Gasteiger partial charge in [0.1, 0.15) is 23.1 Å². The second-order valence-electron chi connectivity index (χ2n) is 9.27. The molecule has 1 aliphatic heterocycles. The number of hydrogen-bond donors (Lipinski definition) is 3. The van der Waals surface area contributed by atoms with Crippen LogP contribution in [0.1, 0.15) is 29.9 Å². The number of benzene rings is 1. The Kier molecular flexibility index (Phi) is 4.17. The highest BCUT2D eigenvalue weighted by molar-refractivity contribution is 6.14. The van der Waals surface area contributed by atoms with Crippen molar-refractivity contribution in [2.45, 2.75) is 32.2 Å². The van der Waals surface area contributed by atoms with Gasteiger partial charge >= 0.3 is 0 Å². The molecule has 0 radical (unpaired) electrons. The summed E-state index contributed by atoms with van der Waals surface area (Å²) in [6, 6.07) is 7.39. The maximum atomic E-state index is 14.5. The number of anilines is 2. The number of nitrogens with zero attached hydrogens (tertiary/aromatic N) is 4. The Morgan fingerprint density at radius 3 is 2.84 bits per heavy atom. The van der Waals surface area contributed by atoms with Gasteiger partial charge in [-0.1, -0.05) is 6.07 Å². The Morgan fingerprint density at radius 2 is 2.16 bits per heavy atom. The van der Waals surface area contributed by atoms with Crippen LogP contribution < -0.4 is 16.0 Å². The Balaban J connectivity index is 1.53. The van der Waals surface area contributed by atoms with Crippen molar-refractivity contribution in [3.05, 3.63) is 53.4 Å². The zero-order chi connectivity index (χ0) is 22.0. The first-order valence-electron chi connectivity index (χ1n) is 11.1. The Morgan fingerprint density at radius 1 is 1.31 bits per heavy atom. The summed E-state index contributed by atoms with van der Waals surface area (Å²) < 4.78 is 14.5. The number of fused-ring (bicyclic) bond motifs is 3. The van der Waals surface area contributed by atoms with Crippen molar-refractivity contribution in [1.82, 2.24) is 19.9 Å². The summed E-state index contributed by atoms with van der Waals surface area (Å²) in [7, 11) is 1.79. The first-order chi connectivity index (χ1) is 15.5. The van der Waals surface area contributed by atoms with E-state index in [0.29, 0.717) is 12.1 Å². The molecule has 4 N–H and O–H groups in total. The second-order valence-corrected chi connectivity index (χ2v) is 9.27. The number of halogens is 1. The van der Waals surface area contributed by atoms with Crippen LogP contribution in [0.3, 0.4) is 0 Å². The van der Waals surface area contributed by atoms with Crippen LogP contribution in [0.15, 0.2) is 30.5 Å². The van der Waals surface area contributed by atoms with Gasteiger partial charge in [-0.05, 0) is 43.5 Å². The van der Waals surface area contributed by atoms with E-state index in [1.165, 1.54) is 6.07 Å². The van der Waals surface area contributed by atoms with Crippen molar-refractivity contribution in [3.63, 3.8) is 0 Å². The van der Waals surface area contributed by atoms with Gasteiger partial charge in [0.05, 0.1) is 16.6 Å². The van der Waals surface area contributed by atoms with Crippen LogP contribution in [0.2, 0.25) is 0 Å². The van der Waals surface area contributed by atoms with Crippen LogP contribution >= 0.6 is 0 Å². The van der Waals surface area contributed by atoms with Crippen molar-refractivity contribution in [2.24, 2.45) is 11.1 Å². The Hall–Kier alpha value is -3.26. The third-order valence-electron chi connectivity index (χ3n) is 7.09. The van der Waals surface area contributed by atoms with Crippen LogP contribution in [0.4, 0.5) is 15.9 Å². The molecule has 1 aliphatic carbocycles. The molecule has 0 amide bonds. The molecule has 6 rings (SSSR count). The van der Waals surface area contributed by atoms with Crippen molar-refractivity contribution in [2.75, 3.05) is 30.4 Å². The average Bonchev–Trinajstić information content (AvgIpc) is 3.10. The number of aromatic amines is 1. The number of aryl methyl sites for hydroxylation is 1. The van der Waals surface area contributed by atoms with E-state index >= 15 is 0 Å². The third-order valence-corrected chi connectivity index (χ3v) is 7.09. The summed E-state index contributed by atoms with van der Waals surface area (Å²) in [5.74, 6) is 1.29. The van der Waals surface area contributed by atoms with Gasteiger partial charge < -0.3 is 20.9 Å². The lowest BCUT2D eigenvalue weighted by Gasteiger charge is -2.19. The minimum Gasteiger partial charge on any atom is -0.386 e. The number of aromatic nitrogens is 4. The van der Waals surface area contributed by atoms with E-state index in [2.05, 4.69) is 26.3 Å². The van der Waals surface area contributed by atoms with E-state index in [9.17, 15) is 4.39 Å². The fourth-order valence-electron chi connectivity index (χ4n) is 5.11. The van der Waals surface area contributed by atoms with E-state index in [0.717, 1.165) is 70.8 Å². The average molecular weight is 432 g/mol. The maximum absolute atomic E-state index is 14.5. The van der Waals surface area contributed by atoms with Gasteiger partial charge in [0.15, 0.2) is 0 Å². The van der Waals surface area contributed by atoms with Crippen LogP contribution in [-0.2, 0) is 6.42 Å². The molecule has 1 aromatic carbocycles. The molecule has 2 fully saturated rings. The number of nitrogens with two attached hydrogens (primary N) is 1. The smallest absolute Gasteiger partial charge is 0.144 e. The number of hydrogen-bond acceptors (Lipinski definition) is 6. The summed E-state index contributed by atoms with van der Waals surface area (Å²) in [6.45, 7) is 3.75. The van der Waals surface area contributed by atoms with Crippen molar-refractivity contribution in [3.8, 4) is 0 Å². The summed E-state index contributed by atoms with van der Waals surface area (Å²) in [5.41, 5.74) is 10.8. The van der Waals surface area contributed by atoms with E-state index in [4.69, 9.17) is 15.7 Å². The molecular formula is C24H26FN7. The van der Waals surface area contributed by atoms with Crippen LogP contribution in [0.25, 0.3) is 21.9 Å². The SMILES string of the molecule is CNc1cc(F)cc2c1[nH]c1nc(Cc3ccc(C)nc3)nc(N3CC[C@@]4(C[C@H]4N)C3)c12. The van der Waals surface area contributed by atoms with Crippen LogP contribution in [0, 0.1) is 18.2 Å². The van der Waals surface area contributed by atoms with Crippen LogP contribution in [-0.4, -0.2) is 46.1 Å². The second kappa shape index (κ2) is 6.87. The number of H-pyrrole nitrogens is 1. The lowest BCUT2D eigenvalue weighted by molar-refractivity contribution is 0.553. The highest BCUT2D eigenvalue weighted by atomic mass is 19.1. The zero-order valence-electron chi connectivity index (χ0n) is 18.2. The van der Waals surface area contributed by atoms with E-state index in [1.807, 2.05) is 19.2 Å². The zero-order valence-corrected chi connectivity index (χ0v) is 18.2. The molecule has 2 atom stereocenters. The minimum atomic E-state index is -0.286. The first kappa shape index (κ1) is 19.4. The summed E-state index contributed by atoms with van der Waals surface area (Å²) in [4.78, 5) is 20.0. The van der Waals surface area contributed by atoms with E-state index in [-0.39, 0.29) is 17.3 Å². The predicted octanol–water partition coefficient (Wildman–Crippen LogP) is 3.51. The highest BCUT2D eigenvalue weighted by Crippen LogP contribution is 2.53. The molecular weight excluding hydrogens is 405 g/mol. The van der Waals surface area contributed by atoms with Gasteiger partial charge in [-0.3, -0.25) is 4.98 Å². The third kappa shape index (κ3) is 3.01. The van der Waals surface area contributed by atoms with E-state index < -0.39 is 0 Å². The first-order valence-corrected chi connectivity index (χ1v) is 11.1. The van der Waals surface area contributed by atoms with Crippen molar-refractivity contribution >= 4 is 33.4 Å². The molecule has 7 nitrogen and oxygen atoms in total.